The number of rotatable bonds is 7. The molecule has 0 radical (unpaired) electrons. The molecule has 1 aromatic rings. The van der Waals surface area contributed by atoms with Crippen LogP contribution in [0.4, 0.5) is 8.78 Å². The lowest BCUT2D eigenvalue weighted by atomic mass is 9.85. The molecular formula is C18H24F2N2O2. The van der Waals surface area contributed by atoms with Gasteiger partial charge in [-0.25, -0.2) is 0 Å². The number of nitrogens with one attached hydrogen (secondary N) is 1. The van der Waals surface area contributed by atoms with Gasteiger partial charge in [0.25, 0.3) is 0 Å². The number of nitrogens with zero attached hydrogens (tertiary/aromatic N) is 1. The maximum atomic E-state index is 12.5. The summed E-state index contributed by atoms with van der Waals surface area (Å²) in [7, 11) is 0. The van der Waals surface area contributed by atoms with Crippen molar-refractivity contribution in [2.75, 3.05) is 19.6 Å². The largest absolute Gasteiger partial charge is 0.434 e. The summed E-state index contributed by atoms with van der Waals surface area (Å²) in [5.41, 5.74) is 0.775. The molecule has 1 atom stereocenters. The Labute approximate surface area is 141 Å². The molecule has 1 saturated carbocycles. The first-order chi connectivity index (χ1) is 11.6. The van der Waals surface area contributed by atoms with E-state index in [1.54, 1.807) is 12.1 Å². The quantitative estimate of drug-likeness (QED) is 0.831. The standard InChI is InChI=1S/C18H24F2N2O2/c19-18(20)24-16-7-2-1-4-15(16)12-22-9-8-13(11-22)10-21-17(23)14-5-3-6-14/h1-2,4,7,13-14,18H,3,5-6,8-12H2,(H,21,23). The molecule has 0 bridgehead atoms. The van der Waals surface area contributed by atoms with Crippen LogP contribution in [0.2, 0.25) is 0 Å². The molecule has 0 spiro atoms. The number of hydrogen-bond acceptors (Lipinski definition) is 3. The maximum Gasteiger partial charge on any atom is 0.387 e. The number of likely N-dealkylation sites (tertiary alicyclic amines) is 1. The highest BCUT2D eigenvalue weighted by atomic mass is 19.3. The highest BCUT2D eigenvalue weighted by molar-refractivity contribution is 5.79. The molecule has 1 aromatic carbocycles. The van der Waals surface area contributed by atoms with Crippen molar-refractivity contribution in [1.29, 1.82) is 0 Å². The molecule has 132 valence electrons. The molecule has 6 heteroatoms. The number of ether oxygens (including phenoxy) is 1. The molecule has 24 heavy (non-hydrogen) atoms. The summed E-state index contributed by atoms with van der Waals surface area (Å²) >= 11 is 0. The summed E-state index contributed by atoms with van der Waals surface area (Å²) in [4.78, 5) is 14.1. The number of hydrogen-bond donors (Lipinski definition) is 1. The Balaban J connectivity index is 1.46. The van der Waals surface area contributed by atoms with Crippen LogP contribution >= 0.6 is 0 Å². The minimum absolute atomic E-state index is 0.190. The third kappa shape index (κ3) is 4.44. The van der Waals surface area contributed by atoms with Crippen molar-refractivity contribution in [2.24, 2.45) is 11.8 Å². The zero-order valence-corrected chi connectivity index (χ0v) is 13.7. The highest BCUT2D eigenvalue weighted by Crippen LogP contribution is 2.27. The third-order valence-corrected chi connectivity index (χ3v) is 4.99. The van der Waals surface area contributed by atoms with Gasteiger partial charge in [-0.05, 0) is 37.8 Å². The van der Waals surface area contributed by atoms with E-state index in [1.165, 1.54) is 0 Å². The van der Waals surface area contributed by atoms with Crippen molar-refractivity contribution in [1.82, 2.24) is 10.2 Å². The van der Waals surface area contributed by atoms with Gasteiger partial charge in [0.15, 0.2) is 0 Å². The molecule has 1 unspecified atom stereocenters. The molecule has 1 saturated heterocycles. The monoisotopic (exact) mass is 338 g/mol. The lowest BCUT2D eigenvalue weighted by Crippen LogP contribution is -2.37. The van der Waals surface area contributed by atoms with Crippen molar-refractivity contribution in [3.63, 3.8) is 0 Å². The molecule has 1 amide bonds. The second-order valence-corrected chi connectivity index (χ2v) is 6.75. The highest BCUT2D eigenvalue weighted by Gasteiger charge is 2.27. The van der Waals surface area contributed by atoms with Crippen molar-refractivity contribution in [2.45, 2.75) is 38.8 Å². The van der Waals surface area contributed by atoms with Crippen LogP contribution in [-0.2, 0) is 11.3 Å². The summed E-state index contributed by atoms with van der Waals surface area (Å²) in [6.07, 6.45) is 4.21. The zero-order valence-electron chi connectivity index (χ0n) is 13.7. The number of benzene rings is 1. The predicted molar refractivity (Wildman–Crippen MR) is 86.8 cm³/mol. The fraction of sp³-hybridized carbons (Fsp3) is 0.611. The Hall–Kier alpha value is -1.69. The van der Waals surface area contributed by atoms with Crippen LogP contribution < -0.4 is 10.1 Å². The van der Waals surface area contributed by atoms with Crippen LogP contribution in [0.5, 0.6) is 5.75 Å². The van der Waals surface area contributed by atoms with E-state index in [-0.39, 0.29) is 17.6 Å². The van der Waals surface area contributed by atoms with E-state index >= 15 is 0 Å². The van der Waals surface area contributed by atoms with Gasteiger partial charge in [-0.3, -0.25) is 9.69 Å². The van der Waals surface area contributed by atoms with Crippen LogP contribution in [0.25, 0.3) is 0 Å². The van der Waals surface area contributed by atoms with Crippen LogP contribution in [0.15, 0.2) is 24.3 Å². The first-order valence-electron chi connectivity index (χ1n) is 8.64. The van der Waals surface area contributed by atoms with Crippen LogP contribution in [-0.4, -0.2) is 37.1 Å². The van der Waals surface area contributed by atoms with Gasteiger partial charge in [-0.1, -0.05) is 24.6 Å². The number of amides is 1. The molecule has 1 heterocycles. The minimum Gasteiger partial charge on any atom is -0.434 e. The lowest BCUT2D eigenvalue weighted by Gasteiger charge is -2.25. The number of halogens is 2. The zero-order chi connectivity index (χ0) is 16.9. The Morgan fingerprint density at radius 2 is 2.08 bits per heavy atom. The molecule has 2 aliphatic rings. The van der Waals surface area contributed by atoms with Crippen molar-refractivity contribution < 1.29 is 18.3 Å². The van der Waals surface area contributed by atoms with Crippen molar-refractivity contribution >= 4 is 5.91 Å². The predicted octanol–water partition coefficient (Wildman–Crippen LogP) is 3.03. The van der Waals surface area contributed by atoms with Gasteiger partial charge in [0.05, 0.1) is 0 Å². The van der Waals surface area contributed by atoms with E-state index in [9.17, 15) is 13.6 Å². The average Bonchev–Trinajstić information content (AvgIpc) is 2.92. The number of alkyl halides is 2. The van der Waals surface area contributed by atoms with Gasteiger partial charge in [-0.15, -0.1) is 0 Å². The fourth-order valence-electron chi connectivity index (χ4n) is 3.37. The van der Waals surface area contributed by atoms with Crippen LogP contribution in [0, 0.1) is 11.8 Å². The summed E-state index contributed by atoms with van der Waals surface area (Å²) in [6, 6.07) is 6.93. The van der Waals surface area contributed by atoms with Gasteiger partial charge in [-0.2, -0.15) is 8.78 Å². The molecule has 3 rings (SSSR count). The Kier molecular flexibility index (Phi) is 5.66. The molecule has 1 aliphatic carbocycles. The number of carbonyl (C=O) groups is 1. The van der Waals surface area contributed by atoms with E-state index in [1.807, 2.05) is 12.1 Å². The summed E-state index contributed by atoms with van der Waals surface area (Å²) < 4.78 is 29.5. The fourth-order valence-corrected chi connectivity index (χ4v) is 3.37. The topological polar surface area (TPSA) is 41.6 Å². The van der Waals surface area contributed by atoms with E-state index in [4.69, 9.17) is 0 Å². The Morgan fingerprint density at radius 3 is 2.79 bits per heavy atom. The van der Waals surface area contributed by atoms with Gasteiger partial charge in [0.1, 0.15) is 5.75 Å². The number of carbonyl (C=O) groups excluding carboxylic acids is 1. The van der Waals surface area contributed by atoms with E-state index in [2.05, 4.69) is 15.0 Å². The molecule has 4 nitrogen and oxygen atoms in total. The average molecular weight is 338 g/mol. The molecule has 2 fully saturated rings. The van der Waals surface area contributed by atoms with E-state index in [0.29, 0.717) is 19.0 Å². The summed E-state index contributed by atoms with van der Waals surface area (Å²) in [6.45, 7) is 0.275. The lowest BCUT2D eigenvalue weighted by molar-refractivity contribution is -0.127. The molecule has 1 N–H and O–H groups in total. The first-order valence-corrected chi connectivity index (χ1v) is 8.64. The Morgan fingerprint density at radius 1 is 1.29 bits per heavy atom. The van der Waals surface area contributed by atoms with E-state index < -0.39 is 6.61 Å². The summed E-state index contributed by atoms with van der Waals surface area (Å²) in [5, 5.41) is 3.06. The summed E-state index contributed by atoms with van der Waals surface area (Å²) in [5.74, 6) is 1.09. The van der Waals surface area contributed by atoms with Gasteiger partial charge in [0, 0.05) is 31.1 Å². The first kappa shape index (κ1) is 17.1. The SMILES string of the molecule is O=C(NCC1CCN(Cc2ccccc2OC(F)F)C1)C1CCC1. The maximum absolute atomic E-state index is 12.5. The second kappa shape index (κ2) is 7.92. The van der Waals surface area contributed by atoms with Crippen molar-refractivity contribution in [3.05, 3.63) is 29.8 Å². The van der Waals surface area contributed by atoms with Gasteiger partial charge < -0.3 is 10.1 Å². The molecular weight excluding hydrogens is 314 g/mol. The number of para-hydroxylation sites is 1. The normalized spacial score (nSPS) is 21.7. The van der Waals surface area contributed by atoms with E-state index in [0.717, 1.165) is 44.3 Å². The van der Waals surface area contributed by atoms with Crippen molar-refractivity contribution in [3.8, 4) is 5.75 Å². The smallest absolute Gasteiger partial charge is 0.387 e. The van der Waals surface area contributed by atoms with Crippen LogP contribution in [0.1, 0.15) is 31.2 Å². The third-order valence-electron chi connectivity index (χ3n) is 4.99. The van der Waals surface area contributed by atoms with Gasteiger partial charge in [0.2, 0.25) is 5.91 Å². The van der Waals surface area contributed by atoms with Crippen LogP contribution in [0.3, 0.4) is 0 Å². The minimum atomic E-state index is -2.81. The Bertz CT molecular complexity index is 564. The second-order valence-electron chi connectivity index (χ2n) is 6.75. The van der Waals surface area contributed by atoms with Gasteiger partial charge >= 0.3 is 6.61 Å². The molecule has 0 aromatic heterocycles. The molecule has 1 aliphatic heterocycles.